The maximum absolute atomic E-state index is 15.1. The van der Waals surface area contributed by atoms with Gasteiger partial charge in [-0.2, -0.15) is 0 Å². The van der Waals surface area contributed by atoms with Gasteiger partial charge in [-0.05, 0) is 56.8 Å². The normalized spacial score (nSPS) is 18.3. The van der Waals surface area contributed by atoms with E-state index in [0.717, 1.165) is 15.6 Å². The summed E-state index contributed by atoms with van der Waals surface area (Å²) in [6.07, 6.45) is -1.36. The maximum atomic E-state index is 15.1. The van der Waals surface area contributed by atoms with E-state index in [2.05, 4.69) is 15.5 Å². The number of nitrogens with zero attached hydrogens (tertiary/aromatic N) is 3. The van der Waals surface area contributed by atoms with E-state index >= 15 is 4.39 Å². The van der Waals surface area contributed by atoms with Gasteiger partial charge in [0.2, 0.25) is 0 Å². The van der Waals surface area contributed by atoms with E-state index in [1.54, 1.807) is 40.0 Å². The van der Waals surface area contributed by atoms with E-state index in [1.807, 2.05) is 17.5 Å². The minimum atomic E-state index is -1.28. The van der Waals surface area contributed by atoms with Crippen molar-refractivity contribution in [2.75, 3.05) is 38.7 Å². The molecule has 1 amide bonds. The number of carbonyl (C=O) groups is 1. The standard InChI is InChI=1S/C25H30ClFN4O4S/c1-25(2,3)35-24(32)31-9-7-19(18(27)14-31)28-23-22-17(8-12-36-22)21(29-30-23)16-6-5-15(26)13-20(16)34-11-10-33-4/h5-6,8,12-13,18-19H,7,9-11,14H2,1-4H3,(H,28,30)/t18-,19+/m1/s1. The molecule has 1 saturated heterocycles. The van der Waals surface area contributed by atoms with E-state index in [1.165, 1.54) is 16.2 Å². The molecule has 1 fully saturated rings. The summed E-state index contributed by atoms with van der Waals surface area (Å²) in [4.78, 5) is 13.8. The van der Waals surface area contributed by atoms with Crippen LogP contribution >= 0.6 is 22.9 Å². The highest BCUT2D eigenvalue weighted by Crippen LogP contribution is 2.39. The zero-order chi connectivity index (χ0) is 25.9. The topological polar surface area (TPSA) is 85.8 Å². The Balaban J connectivity index is 1.53. The molecule has 194 valence electrons. The van der Waals surface area contributed by atoms with Crippen LogP contribution in [0.2, 0.25) is 5.02 Å². The van der Waals surface area contributed by atoms with E-state index in [0.29, 0.717) is 48.5 Å². The first-order chi connectivity index (χ1) is 17.2. The molecule has 0 saturated carbocycles. The fraction of sp³-hybridized carbons (Fsp3) is 0.480. The van der Waals surface area contributed by atoms with Crippen LogP contribution in [-0.2, 0) is 9.47 Å². The number of nitrogens with one attached hydrogen (secondary N) is 1. The number of piperidine rings is 1. The monoisotopic (exact) mass is 536 g/mol. The molecule has 1 aliphatic rings. The van der Waals surface area contributed by atoms with E-state index in [4.69, 9.17) is 25.8 Å². The van der Waals surface area contributed by atoms with Gasteiger partial charge in [0.25, 0.3) is 0 Å². The van der Waals surface area contributed by atoms with Crippen molar-refractivity contribution < 1.29 is 23.4 Å². The molecule has 1 aromatic carbocycles. The van der Waals surface area contributed by atoms with Crippen LogP contribution in [0.3, 0.4) is 0 Å². The second-order valence-corrected chi connectivity index (χ2v) is 10.9. The number of benzene rings is 1. The summed E-state index contributed by atoms with van der Waals surface area (Å²) in [5.41, 5.74) is 0.781. The molecule has 1 aliphatic heterocycles. The SMILES string of the molecule is COCCOc1cc(Cl)ccc1-c1nnc(N[C@H]2CCN(C(=O)OC(C)(C)C)C[C@H]2F)c2sccc12. The number of fused-ring (bicyclic) bond motifs is 1. The Morgan fingerprint density at radius 2 is 2.08 bits per heavy atom. The van der Waals surface area contributed by atoms with Crippen molar-refractivity contribution >= 4 is 44.9 Å². The zero-order valence-corrected chi connectivity index (χ0v) is 22.3. The van der Waals surface area contributed by atoms with Crippen molar-refractivity contribution in [3.8, 4) is 17.0 Å². The van der Waals surface area contributed by atoms with Crippen LogP contribution in [0.15, 0.2) is 29.6 Å². The molecule has 0 radical (unpaired) electrons. The first kappa shape index (κ1) is 26.4. The van der Waals surface area contributed by atoms with E-state index in [-0.39, 0.29) is 6.54 Å². The number of rotatable bonds is 7. The van der Waals surface area contributed by atoms with E-state index < -0.39 is 23.9 Å². The molecule has 3 aromatic rings. The van der Waals surface area contributed by atoms with Gasteiger partial charge in [-0.3, -0.25) is 0 Å². The highest BCUT2D eigenvalue weighted by Gasteiger charge is 2.34. The third-order valence-electron chi connectivity index (χ3n) is 5.64. The van der Waals surface area contributed by atoms with Gasteiger partial charge in [0.05, 0.1) is 23.9 Å². The molecule has 0 aliphatic carbocycles. The fourth-order valence-corrected chi connectivity index (χ4v) is 4.96. The Morgan fingerprint density at radius 1 is 1.28 bits per heavy atom. The van der Waals surface area contributed by atoms with Gasteiger partial charge in [0, 0.05) is 29.6 Å². The predicted octanol–water partition coefficient (Wildman–Crippen LogP) is 5.80. The van der Waals surface area contributed by atoms with Crippen molar-refractivity contribution in [2.24, 2.45) is 0 Å². The smallest absolute Gasteiger partial charge is 0.410 e. The summed E-state index contributed by atoms with van der Waals surface area (Å²) >= 11 is 7.70. The Bertz CT molecular complexity index is 1220. The lowest BCUT2D eigenvalue weighted by molar-refractivity contribution is 0.0125. The number of hydrogen-bond acceptors (Lipinski definition) is 8. The number of alkyl halides is 1. The number of thiophene rings is 1. The first-order valence-electron chi connectivity index (χ1n) is 11.7. The molecule has 36 heavy (non-hydrogen) atoms. The van der Waals surface area contributed by atoms with Crippen LogP contribution < -0.4 is 10.1 Å². The van der Waals surface area contributed by atoms with Crippen molar-refractivity contribution in [1.82, 2.24) is 15.1 Å². The molecule has 0 spiro atoms. The van der Waals surface area contributed by atoms with Gasteiger partial charge in [-0.25, -0.2) is 9.18 Å². The number of carbonyl (C=O) groups excluding carboxylic acids is 1. The Morgan fingerprint density at radius 3 is 2.81 bits per heavy atom. The van der Waals surface area contributed by atoms with Crippen LogP contribution in [-0.4, -0.2) is 72.4 Å². The average molecular weight is 537 g/mol. The Hall–Kier alpha value is -2.69. The van der Waals surface area contributed by atoms with Crippen LogP contribution in [0.1, 0.15) is 27.2 Å². The number of halogens is 2. The van der Waals surface area contributed by atoms with Crippen LogP contribution in [0.25, 0.3) is 21.3 Å². The largest absolute Gasteiger partial charge is 0.490 e. The van der Waals surface area contributed by atoms with Gasteiger partial charge in [0.1, 0.15) is 29.8 Å². The molecule has 4 rings (SSSR count). The number of likely N-dealkylation sites (tertiary alicyclic amines) is 1. The third-order valence-corrected chi connectivity index (χ3v) is 6.80. The molecule has 2 atom stereocenters. The highest BCUT2D eigenvalue weighted by atomic mass is 35.5. The van der Waals surface area contributed by atoms with E-state index in [9.17, 15) is 4.79 Å². The van der Waals surface area contributed by atoms with Crippen molar-refractivity contribution in [3.63, 3.8) is 0 Å². The van der Waals surface area contributed by atoms with Crippen LogP contribution in [0.5, 0.6) is 5.75 Å². The second-order valence-electron chi connectivity index (χ2n) is 9.52. The summed E-state index contributed by atoms with van der Waals surface area (Å²) < 4.78 is 32.3. The molecule has 0 unspecified atom stereocenters. The van der Waals surface area contributed by atoms with Crippen LogP contribution in [0, 0.1) is 0 Å². The molecular formula is C25H30ClFN4O4S. The molecule has 8 nitrogen and oxygen atoms in total. The van der Waals surface area contributed by atoms with Crippen molar-refractivity contribution in [3.05, 3.63) is 34.7 Å². The molecule has 0 bridgehead atoms. The molecule has 3 heterocycles. The quantitative estimate of drug-likeness (QED) is 0.382. The number of anilines is 1. The lowest BCUT2D eigenvalue weighted by Gasteiger charge is -2.36. The summed E-state index contributed by atoms with van der Waals surface area (Å²) in [5.74, 6) is 1.10. The van der Waals surface area contributed by atoms with Crippen LogP contribution in [0.4, 0.5) is 15.0 Å². The first-order valence-corrected chi connectivity index (χ1v) is 13.0. The number of aromatic nitrogens is 2. The zero-order valence-electron chi connectivity index (χ0n) is 20.7. The summed E-state index contributed by atoms with van der Waals surface area (Å²) in [6, 6.07) is 6.82. The maximum Gasteiger partial charge on any atom is 0.410 e. The third kappa shape index (κ3) is 6.16. The van der Waals surface area contributed by atoms with Gasteiger partial charge in [-0.1, -0.05) is 11.6 Å². The van der Waals surface area contributed by atoms with Crippen molar-refractivity contribution in [2.45, 2.75) is 45.0 Å². The minimum Gasteiger partial charge on any atom is -0.490 e. The molecule has 1 N–H and O–H groups in total. The second kappa shape index (κ2) is 11.1. The number of hydrogen-bond donors (Lipinski definition) is 1. The number of amides is 1. The van der Waals surface area contributed by atoms with Gasteiger partial charge in [0.15, 0.2) is 5.82 Å². The van der Waals surface area contributed by atoms with Gasteiger partial charge in [-0.15, -0.1) is 21.5 Å². The number of methoxy groups -OCH3 is 1. The summed E-state index contributed by atoms with van der Waals surface area (Å²) in [7, 11) is 1.61. The van der Waals surface area contributed by atoms with Gasteiger partial charge >= 0.3 is 6.09 Å². The highest BCUT2D eigenvalue weighted by molar-refractivity contribution is 7.17. The predicted molar refractivity (Wildman–Crippen MR) is 140 cm³/mol. The summed E-state index contributed by atoms with van der Waals surface area (Å²) in [5, 5.41) is 15.5. The van der Waals surface area contributed by atoms with Gasteiger partial charge < -0.3 is 24.4 Å². The summed E-state index contributed by atoms with van der Waals surface area (Å²) in [6.45, 7) is 6.52. The minimum absolute atomic E-state index is 0.0430. The lowest BCUT2D eigenvalue weighted by Crippen LogP contribution is -2.51. The lowest BCUT2D eigenvalue weighted by atomic mass is 10.0. The Labute approximate surface area is 218 Å². The van der Waals surface area contributed by atoms with Crippen molar-refractivity contribution in [1.29, 1.82) is 0 Å². The molecule has 2 aromatic heterocycles. The Kier molecular flexibility index (Phi) is 8.17. The fourth-order valence-electron chi connectivity index (χ4n) is 3.95. The molecule has 11 heteroatoms. The number of ether oxygens (including phenoxy) is 3. The average Bonchev–Trinajstić information content (AvgIpc) is 3.30. The molecular weight excluding hydrogens is 507 g/mol.